The van der Waals surface area contributed by atoms with Gasteiger partial charge in [0, 0.05) is 28.7 Å². The van der Waals surface area contributed by atoms with Gasteiger partial charge in [-0.1, -0.05) is 22.0 Å². The zero-order valence-electron chi connectivity index (χ0n) is 13.0. The standard InChI is InChI=1S/C17H17BrN4O/c1-11(2)23-16-6-3-12(8-19-16)9-20-17-14-7-13(18)4-5-15(14)21-10-22-17/h3-8,10-11H,9H2,1-2H3,(H,20,21,22). The number of halogens is 1. The minimum atomic E-state index is 0.123. The highest BCUT2D eigenvalue weighted by molar-refractivity contribution is 9.10. The van der Waals surface area contributed by atoms with Gasteiger partial charge in [-0.2, -0.15) is 0 Å². The molecule has 0 atom stereocenters. The zero-order valence-corrected chi connectivity index (χ0v) is 14.5. The summed E-state index contributed by atoms with van der Waals surface area (Å²) >= 11 is 3.48. The number of benzene rings is 1. The summed E-state index contributed by atoms with van der Waals surface area (Å²) in [6, 6.07) is 9.82. The maximum Gasteiger partial charge on any atom is 0.213 e. The molecule has 6 heteroatoms. The van der Waals surface area contributed by atoms with E-state index in [1.165, 1.54) is 0 Å². The fourth-order valence-electron chi connectivity index (χ4n) is 2.18. The van der Waals surface area contributed by atoms with Crippen LogP contribution < -0.4 is 10.1 Å². The summed E-state index contributed by atoms with van der Waals surface area (Å²) in [7, 11) is 0. The normalized spacial score (nSPS) is 11.0. The van der Waals surface area contributed by atoms with Crippen molar-refractivity contribution in [2.45, 2.75) is 26.5 Å². The van der Waals surface area contributed by atoms with E-state index in [1.54, 1.807) is 6.33 Å². The number of nitrogens with one attached hydrogen (secondary N) is 1. The van der Waals surface area contributed by atoms with E-state index in [0.717, 1.165) is 26.8 Å². The van der Waals surface area contributed by atoms with Crippen LogP contribution in [0.1, 0.15) is 19.4 Å². The molecule has 3 aromatic rings. The Kier molecular flexibility index (Phi) is 4.71. The number of rotatable bonds is 5. The van der Waals surface area contributed by atoms with Gasteiger partial charge in [-0.3, -0.25) is 0 Å². The van der Waals surface area contributed by atoms with E-state index in [4.69, 9.17) is 4.74 Å². The van der Waals surface area contributed by atoms with Gasteiger partial charge in [0.05, 0.1) is 11.6 Å². The lowest BCUT2D eigenvalue weighted by Gasteiger charge is -2.10. The molecule has 5 nitrogen and oxygen atoms in total. The largest absolute Gasteiger partial charge is 0.475 e. The summed E-state index contributed by atoms with van der Waals surface area (Å²) in [5.41, 5.74) is 1.97. The summed E-state index contributed by atoms with van der Waals surface area (Å²) in [6.45, 7) is 4.60. The molecule has 2 aromatic heterocycles. The number of nitrogens with zero attached hydrogens (tertiary/aromatic N) is 3. The number of aromatic nitrogens is 3. The second-order valence-corrected chi connectivity index (χ2v) is 6.32. The molecule has 0 radical (unpaired) electrons. The van der Waals surface area contributed by atoms with Crippen LogP contribution in [0, 0.1) is 0 Å². The SMILES string of the molecule is CC(C)Oc1ccc(CNc2ncnc3ccc(Br)cc23)cn1. The molecule has 3 rings (SSSR count). The first-order valence-electron chi connectivity index (χ1n) is 7.37. The van der Waals surface area contributed by atoms with Crippen molar-refractivity contribution in [1.82, 2.24) is 15.0 Å². The average Bonchev–Trinajstić information content (AvgIpc) is 2.53. The summed E-state index contributed by atoms with van der Waals surface area (Å²) in [5, 5.41) is 4.32. The Morgan fingerprint density at radius 3 is 2.74 bits per heavy atom. The Bertz CT molecular complexity index is 805. The summed E-state index contributed by atoms with van der Waals surface area (Å²) in [5.74, 6) is 1.44. The van der Waals surface area contributed by atoms with E-state index in [9.17, 15) is 0 Å². The molecule has 0 fully saturated rings. The predicted octanol–water partition coefficient (Wildman–Crippen LogP) is 4.19. The molecular weight excluding hydrogens is 356 g/mol. The average molecular weight is 373 g/mol. The molecule has 0 aliphatic rings. The minimum Gasteiger partial charge on any atom is -0.475 e. The third-order valence-corrected chi connectivity index (χ3v) is 3.70. The number of fused-ring (bicyclic) bond motifs is 1. The monoisotopic (exact) mass is 372 g/mol. The van der Waals surface area contributed by atoms with Gasteiger partial charge in [-0.05, 0) is 37.6 Å². The highest BCUT2D eigenvalue weighted by Gasteiger charge is 2.05. The lowest BCUT2D eigenvalue weighted by Crippen LogP contribution is -2.07. The number of hydrogen-bond donors (Lipinski definition) is 1. The van der Waals surface area contributed by atoms with Crippen molar-refractivity contribution < 1.29 is 4.74 Å². The van der Waals surface area contributed by atoms with Gasteiger partial charge in [0.25, 0.3) is 0 Å². The summed E-state index contributed by atoms with van der Waals surface area (Å²) < 4.78 is 6.55. The van der Waals surface area contributed by atoms with E-state index in [1.807, 2.05) is 50.4 Å². The van der Waals surface area contributed by atoms with E-state index in [0.29, 0.717) is 12.4 Å². The first kappa shape index (κ1) is 15.7. The van der Waals surface area contributed by atoms with E-state index in [2.05, 4.69) is 36.2 Å². The lowest BCUT2D eigenvalue weighted by atomic mass is 10.2. The number of hydrogen-bond acceptors (Lipinski definition) is 5. The third-order valence-electron chi connectivity index (χ3n) is 3.21. The van der Waals surface area contributed by atoms with Gasteiger partial charge in [0.15, 0.2) is 0 Å². The fourth-order valence-corrected chi connectivity index (χ4v) is 2.54. The van der Waals surface area contributed by atoms with Crippen LogP contribution in [-0.4, -0.2) is 21.1 Å². The van der Waals surface area contributed by atoms with Crippen LogP contribution in [0.25, 0.3) is 10.9 Å². The van der Waals surface area contributed by atoms with Crippen molar-refractivity contribution >= 4 is 32.7 Å². The zero-order chi connectivity index (χ0) is 16.2. The molecule has 0 aliphatic heterocycles. The Morgan fingerprint density at radius 1 is 1.13 bits per heavy atom. The van der Waals surface area contributed by atoms with Crippen LogP contribution >= 0.6 is 15.9 Å². The van der Waals surface area contributed by atoms with Crippen molar-refractivity contribution in [2.24, 2.45) is 0 Å². The van der Waals surface area contributed by atoms with Crippen LogP contribution in [0.2, 0.25) is 0 Å². The second kappa shape index (κ2) is 6.91. The van der Waals surface area contributed by atoms with Crippen LogP contribution in [-0.2, 0) is 6.54 Å². The highest BCUT2D eigenvalue weighted by Crippen LogP contribution is 2.23. The molecule has 0 saturated carbocycles. The molecule has 118 valence electrons. The molecule has 0 amide bonds. The van der Waals surface area contributed by atoms with Gasteiger partial charge in [0.1, 0.15) is 12.1 Å². The van der Waals surface area contributed by atoms with Gasteiger partial charge in [0.2, 0.25) is 5.88 Å². The van der Waals surface area contributed by atoms with Crippen molar-refractivity contribution in [3.63, 3.8) is 0 Å². The quantitative estimate of drug-likeness (QED) is 0.727. The number of anilines is 1. The minimum absolute atomic E-state index is 0.123. The van der Waals surface area contributed by atoms with Crippen molar-refractivity contribution in [2.75, 3.05) is 5.32 Å². The molecule has 2 heterocycles. The molecular formula is C17H17BrN4O. The van der Waals surface area contributed by atoms with Gasteiger partial charge >= 0.3 is 0 Å². The molecule has 0 aliphatic carbocycles. The molecule has 0 unspecified atom stereocenters. The molecule has 0 saturated heterocycles. The van der Waals surface area contributed by atoms with Crippen molar-refractivity contribution in [1.29, 1.82) is 0 Å². The maximum atomic E-state index is 5.55. The van der Waals surface area contributed by atoms with Gasteiger partial charge in [-0.15, -0.1) is 0 Å². The Morgan fingerprint density at radius 2 is 2.00 bits per heavy atom. The van der Waals surface area contributed by atoms with Crippen LogP contribution in [0.5, 0.6) is 5.88 Å². The van der Waals surface area contributed by atoms with Crippen molar-refractivity contribution in [3.8, 4) is 5.88 Å². The second-order valence-electron chi connectivity index (χ2n) is 5.41. The fraction of sp³-hybridized carbons (Fsp3) is 0.235. The van der Waals surface area contributed by atoms with E-state index in [-0.39, 0.29) is 6.10 Å². The summed E-state index contributed by atoms with van der Waals surface area (Å²) in [6.07, 6.45) is 3.50. The smallest absolute Gasteiger partial charge is 0.213 e. The Labute approximate surface area is 143 Å². The molecule has 23 heavy (non-hydrogen) atoms. The molecule has 0 spiro atoms. The highest BCUT2D eigenvalue weighted by atomic mass is 79.9. The van der Waals surface area contributed by atoms with Gasteiger partial charge in [-0.25, -0.2) is 15.0 Å². The maximum absolute atomic E-state index is 5.55. The Hall–Kier alpha value is -2.21. The van der Waals surface area contributed by atoms with Crippen molar-refractivity contribution in [3.05, 3.63) is 52.9 Å². The first-order chi connectivity index (χ1) is 11.1. The van der Waals surface area contributed by atoms with E-state index >= 15 is 0 Å². The number of pyridine rings is 1. The van der Waals surface area contributed by atoms with Crippen LogP contribution in [0.3, 0.4) is 0 Å². The topological polar surface area (TPSA) is 59.9 Å². The van der Waals surface area contributed by atoms with Crippen LogP contribution in [0.4, 0.5) is 5.82 Å². The predicted molar refractivity (Wildman–Crippen MR) is 94.6 cm³/mol. The summed E-state index contributed by atoms with van der Waals surface area (Å²) in [4.78, 5) is 12.9. The number of ether oxygens (including phenoxy) is 1. The molecule has 1 aromatic carbocycles. The van der Waals surface area contributed by atoms with Gasteiger partial charge < -0.3 is 10.1 Å². The third kappa shape index (κ3) is 3.96. The Balaban J connectivity index is 1.74. The molecule has 1 N–H and O–H groups in total. The van der Waals surface area contributed by atoms with E-state index < -0.39 is 0 Å². The first-order valence-corrected chi connectivity index (χ1v) is 8.17. The lowest BCUT2D eigenvalue weighted by molar-refractivity contribution is 0.232. The molecule has 0 bridgehead atoms. The van der Waals surface area contributed by atoms with Crippen LogP contribution in [0.15, 0.2) is 47.3 Å².